The molecule has 1 aliphatic rings. The number of carbonyl (C=O) groups is 1. The summed E-state index contributed by atoms with van der Waals surface area (Å²) < 4.78 is 28.1. The zero-order chi connectivity index (χ0) is 18.0. The molecule has 1 N–H and O–H groups in total. The van der Waals surface area contributed by atoms with Crippen LogP contribution in [0, 0.1) is 13.8 Å². The number of aryl methyl sites for hydroxylation is 2. The molecular formula is C19H22N2O3S. The van der Waals surface area contributed by atoms with Crippen LogP contribution in [-0.2, 0) is 10.0 Å². The van der Waals surface area contributed by atoms with E-state index in [1.165, 1.54) is 12.1 Å². The van der Waals surface area contributed by atoms with Gasteiger partial charge in [-0.25, -0.2) is 8.42 Å². The summed E-state index contributed by atoms with van der Waals surface area (Å²) in [4.78, 5) is 14.6. The second-order valence-corrected chi connectivity index (χ2v) is 8.08. The fraction of sp³-hybridized carbons (Fsp3) is 0.316. The zero-order valence-corrected chi connectivity index (χ0v) is 15.3. The van der Waals surface area contributed by atoms with E-state index in [0.717, 1.165) is 37.1 Å². The molecule has 132 valence electrons. The summed E-state index contributed by atoms with van der Waals surface area (Å²) in [6.07, 6.45) is 2.00. The van der Waals surface area contributed by atoms with Crippen LogP contribution in [0.1, 0.15) is 34.3 Å². The van der Waals surface area contributed by atoms with Gasteiger partial charge in [0.2, 0.25) is 0 Å². The minimum absolute atomic E-state index is 0.0945. The summed E-state index contributed by atoms with van der Waals surface area (Å²) in [5.41, 5.74) is 2.61. The maximum atomic E-state index is 12.7. The molecule has 2 aromatic carbocycles. The van der Waals surface area contributed by atoms with E-state index in [-0.39, 0.29) is 10.8 Å². The molecule has 5 nitrogen and oxygen atoms in total. The van der Waals surface area contributed by atoms with Crippen LogP contribution in [0.4, 0.5) is 5.69 Å². The van der Waals surface area contributed by atoms with E-state index in [1.807, 2.05) is 26.0 Å². The van der Waals surface area contributed by atoms with Gasteiger partial charge in [0.1, 0.15) is 0 Å². The van der Waals surface area contributed by atoms with Gasteiger partial charge in [-0.15, -0.1) is 0 Å². The summed E-state index contributed by atoms with van der Waals surface area (Å²) in [6, 6.07) is 11.9. The van der Waals surface area contributed by atoms with Gasteiger partial charge in [-0.1, -0.05) is 24.3 Å². The SMILES string of the molecule is Cc1ccccc1NS(=O)(=O)c1ccc(C)c(C(=O)N2CCCC2)c1. The Labute approximate surface area is 148 Å². The van der Waals surface area contributed by atoms with Crippen molar-refractivity contribution < 1.29 is 13.2 Å². The van der Waals surface area contributed by atoms with Crippen molar-refractivity contribution in [1.29, 1.82) is 0 Å². The molecule has 3 rings (SSSR count). The van der Waals surface area contributed by atoms with Crippen molar-refractivity contribution >= 4 is 21.6 Å². The second-order valence-electron chi connectivity index (χ2n) is 6.40. The number of nitrogens with one attached hydrogen (secondary N) is 1. The number of amides is 1. The number of hydrogen-bond donors (Lipinski definition) is 1. The third kappa shape index (κ3) is 3.69. The number of sulfonamides is 1. The molecule has 0 atom stereocenters. The van der Waals surface area contributed by atoms with E-state index in [9.17, 15) is 13.2 Å². The minimum atomic E-state index is -3.75. The van der Waals surface area contributed by atoms with Gasteiger partial charge >= 0.3 is 0 Å². The Bertz CT molecular complexity index is 901. The van der Waals surface area contributed by atoms with Crippen LogP contribution in [0.2, 0.25) is 0 Å². The van der Waals surface area contributed by atoms with Crippen molar-refractivity contribution in [2.45, 2.75) is 31.6 Å². The molecule has 25 heavy (non-hydrogen) atoms. The van der Waals surface area contributed by atoms with Gasteiger partial charge in [0, 0.05) is 18.7 Å². The molecule has 1 amide bonds. The van der Waals surface area contributed by atoms with Gasteiger partial charge in [-0.05, 0) is 56.0 Å². The molecule has 1 aliphatic heterocycles. The number of rotatable bonds is 4. The predicted octanol–water partition coefficient (Wildman–Crippen LogP) is 3.34. The molecule has 1 saturated heterocycles. The van der Waals surface area contributed by atoms with E-state index in [4.69, 9.17) is 0 Å². The molecule has 6 heteroatoms. The summed E-state index contributed by atoms with van der Waals surface area (Å²) >= 11 is 0. The Hall–Kier alpha value is -2.34. The predicted molar refractivity (Wildman–Crippen MR) is 98.3 cm³/mol. The van der Waals surface area contributed by atoms with Gasteiger partial charge in [-0.2, -0.15) is 0 Å². The number of para-hydroxylation sites is 1. The molecule has 1 fully saturated rings. The van der Waals surface area contributed by atoms with Gasteiger partial charge in [-0.3, -0.25) is 9.52 Å². The molecule has 0 aliphatic carbocycles. The lowest BCUT2D eigenvalue weighted by Gasteiger charge is -2.18. The highest BCUT2D eigenvalue weighted by Crippen LogP contribution is 2.23. The third-order valence-corrected chi connectivity index (χ3v) is 5.90. The van der Waals surface area contributed by atoms with Crippen LogP contribution in [-0.4, -0.2) is 32.3 Å². The van der Waals surface area contributed by atoms with Crippen LogP contribution >= 0.6 is 0 Å². The van der Waals surface area contributed by atoms with E-state index in [0.29, 0.717) is 11.3 Å². The first-order chi connectivity index (χ1) is 11.9. The second kappa shape index (κ2) is 6.88. The molecule has 0 spiro atoms. The number of benzene rings is 2. The van der Waals surface area contributed by atoms with Crippen molar-refractivity contribution in [2.75, 3.05) is 17.8 Å². The van der Waals surface area contributed by atoms with Crippen molar-refractivity contribution in [3.8, 4) is 0 Å². The number of likely N-dealkylation sites (tertiary alicyclic amines) is 1. The maximum absolute atomic E-state index is 12.7. The summed E-state index contributed by atoms with van der Waals surface area (Å²) in [6.45, 7) is 5.14. The molecule has 0 bridgehead atoms. The largest absolute Gasteiger partial charge is 0.339 e. The fourth-order valence-corrected chi connectivity index (χ4v) is 4.14. The molecule has 0 radical (unpaired) electrons. The van der Waals surface area contributed by atoms with Crippen LogP contribution in [0.15, 0.2) is 47.4 Å². The Kier molecular flexibility index (Phi) is 4.81. The first kappa shape index (κ1) is 17.5. The first-order valence-electron chi connectivity index (χ1n) is 8.37. The van der Waals surface area contributed by atoms with Crippen LogP contribution in [0.5, 0.6) is 0 Å². The van der Waals surface area contributed by atoms with Crippen molar-refractivity contribution in [1.82, 2.24) is 4.90 Å². The average Bonchev–Trinajstić information content (AvgIpc) is 3.11. The Morgan fingerprint density at radius 1 is 1.00 bits per heavy atom. The third-order valence-electron chi connectivity index (χ3n) is 4.53. The van der Waals surface area contributed by atoms with Crippen LogP contribution < -0.4 is 4.72 Å². The highest BCUT2D eigenvalue weighted by Gasteiger charge is 2.23. The quantitative estimate of drug-likeness (QED) is 0.911. The molecule has 1 heterocycles. The van der Waals surface area contributed by atoms with Crippen LogP contribution in [0.25, 0.3) is 0 Å². The number of hydrogen-bond acceptors (Lipinski definition) is 3. The summed E-state index contributed by atoms with van der Waals surface area (Å²) in [5.74, 6) is -0.0945. The molecule has 0 aromatic heterocycles. The number of nitrogens with zero attached hydrogens (tertiary/aromatic N) is 1. The number of carbonyl (C=O) groups excluding carboxylic acids is 1. The summed E-state index contributed by atoms with van der Waals surface area (Å²) in [7, 11) is -3.75. The van der Waals surface area contributed by atoms with Crippen molar-refractivity contribution in [3.05, 3.63) is 59.2 Å². The van der Waals surface area contributed by atoms with E-state index in [2.05, 4.69) is 4.72 Å². The zero-order valence-electron chi connectivity index (χ0n) is 14.5. The van der Waals surface area contributed by atoms with E-state index < -0.39 is 10.0 Å². The molecule has 0 saturated carbocycles. The fourth-order valence-electron chi connectivity index (χ4n) is 2.98. The maximum Gasteiger partial charge on any atom is 0.261 e. The summed E-state index contributed by atoms with van der Waals surface area (Å²) in [5, 5.41) is 0. The van der Waals surface area contributed by atoms with Crippen molar-refractivity contribution in [3.63, 3.8) is 0 Å². The lowest BCUT2D eigenvalue weighted by molar-refractivity contribution is 0.0792. The van der Waals surface area contributed by atoms with Gasteiger partial charge in [0.15, 0.2) is 0 Å². The molecular weight excluding hydrogens is 336 g/mol. The Morgan fingerprint density at radius 3 is 2.36 bits per heavy atom. The standard InChI is InChI=1S/C19H22N2O3S/c1-14-9-10-16(13-17(14)19(22)21-11-5-6-12-21)25(23,24)20-18-8-4-3-7-15(18)2/h3-4,7-10,13,20H,5-6,11-12H2,1-2H3. The molecule has 0 unspecified atom stereocenters. The average molecular weight is 358 g/mol. The highest BCUT2D eigenvalue weighted by atomic mass is 32.2. The number of anilines is 1. The Balaban J connectivity index is 1.93. The van der Waals surface area contributed by atoms with Gasteiger partial charge < -0.3 is 4.90 Å². The van der Waals surface area contributed by atoms with Crippen LogP contribution in [0.3, 0.4) is 0 Å². The topological polar surface area (TPSA) is 66.5 Å². The minimum Gasteiger partial charge on any atom is -0.339 e. The molecule has 2 aromatic rings. The Morgan fingerprint density at radius 2 is 1.68 bits per heavy atom. The lowest BCUT2D eigenvalue weighted by atomic mass is 10.1. The highest BCUT2D eigenvalue weighted by molar-refractivity contribution is 7.92. The van der Waals surface area contributed by atoms with E-state index >= 15 is 0 Å². The monoisotopic (exact) mass is 358 g/mol. The van der Waals surface area contributed by atoms with E-state index in [1.54, 1.807) is 23.1 Å². The van der Waals surface area contributed by atoms with Gasteiger partial charge in [0.05, 0.1) is 10.6 Å². The smallest absolute Gasteiger partial charge is 0.261 e. The van der Waals surface area contributed by atoms with Gasteiger partial charge in [0.25, 0.3) is 15.9 Å². The lowest BCUT2D eigenvalue weighted by Crippen LogP contribution is -2.28. The normalized spacial score (nSPS) is 14.6. The first-order valence-corrected chi connectivity index (χ1v) is 9.85. The van der Waals surface area contributed by atoms with Crippen molar-refractivity contribution in [2.24, 2.45) is 0 Å².